The molecule has 0 radical (unpaired) electrons. The summed E-state index contributed by atoms with van der Waals surface area (Å²) in [7, 11) is 1.25. The van der Waals surface area contributed by atoms with Crippen LogP contribution in [0, 0.1) is 0 Å². The summed E-state index contributed by atoms with van der Waals surface area (Å²) < 4.78 is 7.48. The topological polar surface area (TPSA) is 182 Å². The van der Waals surface area contributed by atoms with E-state index in [2.05, 4.69) is 24.9 Å². The molecule has 5 heterocycles. The van der Waals surface area contributed by atoms with Gasteiger partial charge in [-0.2, -0.15) is 9.36 Å². The van der Waals surface area contributed by atoms with Gasteiger partial charge < -0.3 is 21.0 Å². The summed E-state index contributed by atoms with van der Waals surface area (Å²) in [5.74, 6) is -2.17. The van der Waals surface area contributed by atoms with Crippen LogP contribution in [0.1, 0.15) is 5.82 Å². The first kappa shape index (κ1) is 22.7. The highest BCUT2D eigenvalue weighted by atomic mass is 32.2. The zero-order valence-corrected chi connectivity index (χ0v) is 19.7. The van der Waals surface area contributed by atoms with Gasteiger partial charge in [0.1, 0.15) is 37.0 Å². The Morgan fingerprint density at radius 3 is 3.00 bits per heavy atom. The molecule has 2 aliphatic rings. The first-order chi connectivity index (χ1) is 16.9. The number of imidazole rings is 1. The van der Waals surface area contributed by atoms with Crippen LogP contribution < -0.4 is 15.6 Å². The molecule has 2 amide bonds. The van der Waals surface area contributed by atoms with Crippen LogP contribution in [-0.2, 0) is 25.8 Å². The number of β-lactam (4-membered cyclic amide) rings is 1. The number of carbonyl (C=O) groups excluding carboxylic acids is 2. The lowest BCUT2D eigenvalue weighted by molar-refractivity contribution is -0.579. The summed E-state index contributed by atoms with van der Waals surface area (Å²) >= 11 is 2.24. The number of hydrogen-bond acceptors (Lipinski definition) is 11. The number of nitrogens with zero attached hydrogens (tertiary/aromatic N) is 7. The van der Waals surface area contributed by atoms with Crippen molar-refractivity contribution >= 4 is 57.6 Å². The molecule has 0 unspecified atom stereocenters. The van der Waals surface area contributed by atoms with E-state index < -0.39 is 29.2 Å². The maximum Gasteiger partial charge on any atom is 0.352 e. The van der Waals surface area contributed by atoms with Crippen LogP contribution in [-0.4, -0.2) is 76.8 Å². The fourth-order valence-electron chi connectivity index (χ4n) is 3.90. The number of nitrogens with one attached hydrogen (secondary N) is 1. The number of fused-ring (bicyclic) bond motifs is 2. The van der Waals surface area contributed by atoms with Gasteiger partial charge >= 0.3 is 11.6 Å². The quantitative estimate of drug-likeness (QED) is 0.150. The van der Waals surface area contributed by atoms with Gasteiger partial charge in [-0.3, -0.25) is 14.5 Å². The average molecular weight is 517 g/mol. The highest BCUT2D eigenvalue weighted by Gasteiger charge is 2.54. The zero-order valence-electron chi connectivity index (χ0n) is 18.1. The van der Waals surface area contributed by atoms with Gasteiger partial charge in [0.25, 0.3) is 11.8 Å². The van der Waals surface area contributed by atoms with E-state index in [0.717, 1.165) is 17.2 Å². The number of nitrogen functional groups attached to an aromatic ring is 1. The molecule has 16 heteroatoms. The van der Waals surface area contributed by atoms with Crippen molar-refractivity contribution in [2.24, 2.45) is 5.16 Å². The van der Waals surface area contributed by atoms with E-state index in [0.29, 0.717) is 11.3 Å². The number of aromatic nitrogens is 5. The summed E-state index contributed by atoms with van der Waals surface area (Å²) in [5.41, 5.74) is 6.60. The molecule has 4 N–H and O–H groups in total. The molecule has 0 spiro atoms. The van der Waals surface area contributed by atoms with Crippen LogP contribution in [0.25, 0.3) is 5.65 Å². The molecule has 0 aliphatic carbocycles. The van der Waals surface area contributed by atoms with E-state index >= 15 is 0 Å². The maximum atomic E-state index is 13.0. The Morgan fingerprint density at radius 1 is 1.46 bits per heavy atom. The SMILES string of the molecule is CO/N=C(\C(=O)N[C@H]1C(=O)N2C(C(=O)O)=C(Cn3cc[n+]4ncccc34)CS[C@H]12)c1nsc(N)n1. The number of carboxylic acids is 1. The molecule has 180 valence electrons. The maximum absolute atomic E-state index is 13.0. The Balaban J connectivity index is 1.37. The second kappa shape index (κ2) is 8.95. The van der Waals surface area contributed by atoms with Gasteiger partial charge in [0.2, 0.25) is 11.5 Å². The van der Waals surface area contributed by atoms with Crippen molar-refractivity contribution < 1.29 is 28.8 Å². The number of hydrogen-bond donors (Lipinski definition) is 3. The molecule has 0 aromatic carbocycles. The summed E-state index contributed by atoms with van der Waals surface area (Å²) in [5, 5.41) is 19.9. The predicted octanol–water partition coefficient (Wildman–Crippen LogP) is -1.16. The second-order valence-corrected chi connectivity index (χ2v) is 9.34. The summed E-state index contributed by atoms with van der Waals surface area (Å²) in [6.45, 7) is 0.270. The second-order valence-electron chi connectivity index (χ2n) is 7.45. The molecule has 0 bridgehead atoms. The fourth-order valence-corrected chi connectivity index (χ4v) is 5.67. The van der Waals surface area contributed by atoms with E-state index in [1.165, 1.54) is 23.8 Å². The van der Waals surface area contributed by atoms with Crippen molar-refractivity contribution in [2.75, 3.05) is 18.6 Å². The number of anilines is 1. The van der Waals surface area contributed by atoms with Crippen molar-refractivity contribution in [3.63, 3.8) is 0 Å². The third-order valence-corrected chi connectivity index (χ3v) is 7.27. The Labute approximate surface area is 205 Å². The monoisotopic (exact) mass is 516 g/mol. The molecular weight excluding hydrogens is 498 g/mol. The number of carboxylic acid groups (broad SMARTS) is 1. The van der Waals surface area contributed by atoms with Gasteiger partial charge in [-0.05, 0) is 6.07 Å². The average Bonchev–Trinajstić information content (AvgIpc) is 3.46. The molecule has 2 atom stereocenters. The fraction of sp³-hybridized carbons (Fsp3) is 0.263. The minimum absolute atomic E-state index is 0.0357. The van der Waals surface area contributed by atoms with Crippen LogP contribution in [0.2, 0.25) is 0 Å². The minimum atomic E-state index is -1.21. The molecule has 1 fully saturated rings. The van der Waals surface area contributed by atoms with Crippen molar-refractivity contribution in [1.82, 2.24) is 29.2 Å². The number of rotatable bonds is 7. The standard InChI is InChI=1S/C19H17N9O5S2/c1-33-24-11(14-23-19(20)35-25-14)15(29)22-12-16(30)28-13(18(31)32)9(8-34-17(12)28)7-26-5-6-27-10(26)3-2-4-21-27/h2-6,12,17H,7-8H2,1H3,(H3-,20,22,23,25,29,31,32)/p+1/b24-11-/t12-,17+/m0/s1. The molecule has 3 aromatic rings. The highest BCUT2D eigenvalue weighted by Crippen LogP contribution is 2.40. The molecule has 35 heavy (non-hydrogen) atoms. The van der Waals surface area contributed by atoms with Gasteiger partial charge in [0.05, 0.1) is 6.20 Å². The molecule has 3 aromatic heterocycles. The Bertz CT molecular complexity index is 1410. The van der Waals surface area contributed by atoms with Crippen LogP contribution in [0.5, 0.6) is 0 Å². The molecular formula is C19H18N9O5S2+. The van der Waals surface area contributed by atoms with Gasteiger partial charge in [-0.1, -0.05) is 10.3 Å². The lowest BCUT2D eigenvalue weighted by atomic mass is 10.0. The Kier molecular flexibility index (Phi) is 5.81. The highest BCUT2D eigenvalue weighted by molar-refractivity contribution is 8.00. The molecule has 0 saturated carbocycles. The smallest absolute Gasteiger partial charge is 0.352 e. The lowest BCUT2D eigenvalue weighted by Crippen LogP contribution is -2.71. The van der Waals surface area contributed by atoms with Gasteiger partial charge in [-0.25, -0.2) is 9.36 Å². The molecule has 5 rings (SSSR count). The number of thioether (sulfide) groups is 1. The van der Waals surface area contributed by atoms with E-state index in [4.69, 9.17) is 10.6 Å². The van der Waals surface area contributed by atoms with Crippen LogP contribution in [0.15, 0.2) is 47.1 Å². The van der Waals surface area contributed by atoms with Crippen molar-refractivity contribution in [2.45, 2.75) is 18.0 Å². The molecule has 2 aliphatic heterocycles. The van der Waals surface area contributed by atoms with E-state index in [1.54, 1.807) is 29.2 Å². The first-order valence-corrected chi connectivity index (χ1v) is 11.9. The summed E-state index contributed by atoms with van der Waals surface area (Å²) in [6.07, 6.45) is 5.21. The molecule has 14 nitrogen and oxygen atoms in total. The van der Waals surface area contributed by atoms with Crippen molar-refractivity contribution in [3.8, 4) is 0 Å². The molecule has 1 saturated heterocycles. The van der Waals surface area contributed by atoms with Gasteiger partial charge in [0.15, 0.2) is 11.3 Å². The lowest BCUT2D eigenvalue weighted by Gasteiger charge is -2.49. The largest absolute Gasteiger partial charge is 0.477 e. The summed E-state index contributed by atoms with van der Waals surface area (Å²) in [4.78, 5) is 47.8. The van der Waals surface area contributed by atoms with Crippen LogP contribution >= 0.6 is 23.3 Å². The van der Waals surface area contributed by atoms with Crippen LogP contribution in [0.4, 0.5) is 5.13 Å². The third kappa shape index (κ3) is 3.95. The number of amides is 2. The predicted molar refractivity (Wildman–Crippen MR) is 123 cm³/mol. The Morgan fingerprint density at radius 2 is 2.29 bits per heavy atom. The number of nitrogens with two attached hydrogens (primary N) is 1. The number of carbonyl (C=O) groups is 3. The van der Waals surface area contributed by atoms with E-state index in [9.17, 15) is 19.5 Å². The first-order valence-electron chi connectivity index (χ1n) is 10.1. The third-order valence-electron chi connectivity index (χ3n) is 5.39. The van der Waals surface area contributed by atoms with Crippen LogP contribution in [0.3, 0.4) is 0 Å². The number of aliphatic carboxylic acids is 1. The van der Waals surface area contributed by atoms with Gasteiger partial charge in [-0.15, -0.1) is 16.3 Å². The normalized spacial score (nSPS) is 20.0. The van der Waals surface area contributed by atoms with Crippen molar-refractivity contribution in [1.29, 1.82) is 0 Å². The van der Waals surface area contributed by atoms with Gasteiger partial charge in [0, 0.05) is 28.9 Å². The summed E-state index contributed by atoms with van der Waals surface area (Å²) in [6, 6.07) is 2.69. The van der Waals surface area contributed by atoms with E-state index in [1.807, 2.05) is 10.6 Å². The van der Waals surface area contributed by atoms with Crippen molar-refractivity contribution in [3.05, 3.63) is 47.8 Å². The number of oxime groups is 1. The van der Waals surface area contributed by atoms with E-state index in [-0.39, 0.29) is 28.9 Å². The Hall–Kier alpha value is -4.05. The zero-order chi connectivity index (χ0) is 24.7. The minimum Gasteiger partial charge on any atom is -0.477 e.